The molecule has 0 aliphatic carbocycles. The largest absolute Gasteiger partial charge is 0.497 e. The van der Waals surface area contributed by atoms with Gasteiger partial charge in [-0.05, 0) is 37.6 Å². The summed E-state index contributed by atoms with van der Waals surface area (Å²) >= 11 is 1.54. The third kappa shape index (κ3) is 6.67. The highest BCUT2D eigenvalue weighted by Crippen LogP contribution is 2.21. The first-order chi connectivity index (χ1) is 10.6. The van der Waals surface area contributed by atoms with Gasteiger partial charge in [0.1, 0.15) is 11.8 Å². The number of allylic oxidation sites excluding steroid dienone is 1. The molecule has 1 atom stereocenters. The Bertz CT molecular complexity index is 513. The molecule has 1 rings (SSSR count). The zero-order valence-corrected chi connectivity index (χ0v) is 13.6. The lowest BCUT2D eigenvalue weighted by Crippen LogP contribution is -2.40. The number of amides is 1. The van der Waals surface area contributed by atoms with Crippen molar-refractivity contribution < 1.29 is 19.4 Å². The molecule has 0 bridgehead atoms. The second-order valence-electron chi connectivity index (χ2n) is 4.54. The molecule has 120 valence electrons. The van der Waals surface area contributed by atoms with Crippen molar-refractivity contribution in [3.63, 3.8) is 0 Å². The van der Waals surface area contributed by atoms with Crippen LogP contribution in [0.25, 0.3) is 0 Å². The van der Waals surface area contributed by atoms with E-state index in [9.17, 15) is 9.59 Å². The molecule has 0 spiro atoms. The van der Waals surface area contributed by atoms with Crippen LogP contribution in [0.1, 0.15) is 19.8 Å². The Kier molecular flexibility index (Phi) is 8.14. The third-order valence-electron chi connectivity index (χ3n) is 2.90. The molecule has 0 fully saturated rings. The first-order valence-corrected chi connectivity index (χ1v) is 7.95. The van der Waals surface area contributed by atoms with E-state index in [1.165, 1.54) is 0 Å². The van der Waals surface area contributed by atoms with E-state index in [0.29, 0.717) is 12.2 Å². The zero-order valence-electron chi connectivity index (χ0n) is 12.7. The highest BCUT2D eigenvalue weighted by molar-refractivity contribution is 7.99. The van der Waals surface area contributed by atoms with E-state index in [0.717, 1.165) is 10.6 Å². The van der Waals surface area contributed by atoms with Crippen molar-refractivity contribution in [2.24, 2.45) is 0 Å². The van der Waals surface area contributed by atoms with Crippen molar-refractivity contribution in [2.45, 2.75) is 30.7 Å². The molecule has 1 aromatic carbocycles. The van der Waals surface area contributed by atoms with E-state index in [1.807, 2.05) is 31.2 Å². The van der Waals surface area contributed by atoms with Crippen molar-refractivity contribution in [1.29, 1.82) is 0 Å². The van der Waals surface area contributed by atoms with Crippen molar-refractivity contribution in [2.75, 3.05) is 12.9 Å². The van der Waals surface area contributed by atoms with E-state index < -0.39 is 12.0 Å². The summed E-state index contributed by atoms with van der Waals surface area (Å²) in [5, 5.41) is 11.6. The standard InChI is InChI=1S/C16H21NO4S/c1-3-4-5-14(16(19)20)17-15(18)10-11-22-13-8-6-12(21-2)7-9-13/h3-4,6-9,14H,5,10-11H2,1-2H3,(H,17,18)(H,19,20)/b4-3+. The first-order valence-electron chi connectivity index (χ1n) is 6.97. The summed E-state index contributed by atoms with van der Waals surface area (Å²) in [7, 11) is 1.61. The van der Waals surface area contributed by atoms with Gasteiger partial charge in [-0.15, -0.1) is 11.8 Å². The molecule has 1 amide bonds. The van der Waals surface area contributed by atoms with Crippen LogP contribution in [0.4, 0.5) is 0 Å². The molecule has 0 saturated heterocycles. The van der Waals surface area contributed by atoms with Gasteiger partial charge in [0.05, 0.1) is 7.11 Å². The maximum Gasteiger partial charge on any atom is 0.326 e. The number of aliphatic carboxylic acids is 1. The number of thioether (sulfide) groups is 1. The van der Waals surface area contributed by atoms with E-state index in [4.69, 9.17) is 9.84 Å². The van der Waals surface area contributed by atoms with E-state index >= 15 is 0 Å². The zero-order chi connectivity index (χ0) is 16.4. The van der Waals surface area contributed by atoms with Gasteiger partial charge in [-0.1, -0.05) is 12.2 Å². The van der Waals surface area contributed by atoms with Gasteiger partial charge in [0.2, 0.25) is 5.91 Å². The van der Waals surface area contributed by atoms with E-state index in [1.54, 1.807) is 31.0 Å². The molecule has 0 heterocycles. The topological polar surface area (TPSA) is 75.6 Å². The molecule has 0 aliphatic rings. The first kappa shape index (κ1) is 18.1. The Morgan fingerprint density at radius 3 is 2.59 bits per heavy atom. The van der Waals surface area contributed by atoms with Gasteiger partial charge in [0.15, 0.2) is 0 Å². The van der Waals surface area contributed by atoms with E-state index in [-0.39, 0.29) is 12.3 Å². The average Bonchev–Trinajstić information content (AvgIpc) is 2.51. The number of ether oxygens (including phenoxy) is 1. The number of nitrogens with one attached hydrogen (secondary N) is 1. The average molecular weight is 323 g/mol. The minimum absolute atomic E-state index is 0.252. The number of rotatable bonds is 9. The minimum atomic E-state index is -1.02. The maximum absolute atomic E-state index is 11.8. The molecule has 6 heteroatoms. The summed E-state index contributed by atoms with van der Waals surface area (Å²) in [4.78, 5) is 23.8. The van der Waals surface area contributed by atoms with Gasteiger partial charge >= 0.3 is 5.97 Å². The van der Waals surface area contributed by atoms with Crippen LogP contribution < -0.4 is 10.1 Å². The van der Waals surface area contributed by atoms with E-state index in [2.05, 4.69) is 5.32 Å². The number of carboxylic acids is 1. The molecule has 1 aromatic rings. The lowest BCUT2D eigenvalue weighted by molar-refractivity contribution is -0.141. The van der Waals surface area contributed by atoms with Crippen LogP contribution in [-0.4, -0.2) is 35.9 Å². The van der Waals surface area contributed by atoms with Crippen LogP contribution in [0, 0.1) is 0 Å². The Labute approximate surface area is 134 Å². The van der Waals surface area contributed by atoms with Crippen molar-refractivity contribution >= 4 is 23.6 Å². The smallest absolute Gasteiger partial charge is 0.326 e. The third-order valence-corrected chi connectivity index (χ3v) is 3.91. The predicted molar refractivity (Wildman–Crippen MR) is 87.3 cm³/mol. The quantitative estimate of drug-likeness (QED) is 0.540. The van der Waals surface area contributed by atoms with Crippen LogP contribution in [0.5, 0.6) is 5.75 Å². The molecule has 0 aliphatic heterocycles. The lowest BCUT2D eigenvalue weighted by atomic mass is 10.2. The molecule has 0 aromatic heterocycles. The number of hydrogen-bond donors (Lipinski definition) is 2. The SMILES string of the molecule is C/C=C/CC(NC(=O)CCSc1ccc(OC)cc1)C(=O)O. The number of hydrogen-bond acceptors (Lipinski definition) is 4. The number of carbonyl (C=O) groups excluding carboxylic acids is 1. The minimum Gasteiger partial charge on any atom is -0.497 e. The van der Waals surface area contributed by atoms with Crippen molar-refractivity contribution in [3.05, 3.63) is 36.4 Å². The second kappa shape index (κ2) is 9.89. The highest BCUT2D eigenvalue weighted by atomic mass is 32.2. The summed E-state index contributed by atoms with van der Waals surface area (Å²) in [6, 6.07) is 6.70. The number of benzene rings is 1. The summed E-state index contributed by atoms with van der Waals surface area (Å²) in [5.74, 6) is 0.108. The van der Waals surface area contributed by atoms with Gasteiger partial charge in [0.25, 0.3) is 0 Å². The monoisotopic (exact) mass is 323 g/mol. The normalized spacial score (nSPS) is 12.1. The molecule has 22 heavy (non-hydrogen) atoms. The van der Waals surface area contributed by atoms with Crippen LogP contribution >= 0.6 is 11.8 Å². The molecule has 2 N–H and O–H groups in total. The maximum atomic E-state index is 11.8. The predicted octanol–water partition coefficient (Wildman–Crippen LogP) is 2.71. The van der Waals surface area contributed by atoms with Gasteiger partial charge in [-0.3, -0.25) is 4.79 Å². The van der Waals surface area contributed by atoms with Crippen LogP contribution in [-0.2, 0) is 9.59 Å². The summed E-state index contributed by atoms with van der Waals surface area (Å²) in [5.41, 5.74) is 0. The Hall–Kier alpha value is -1.95. The molecule has 0 radical (unpaired) electrons. The molecule has 0 saturated carbocycles. The number of methoxy groups -OCH3 is 1. The van der Waals surface area contributed by atoms with Gasteiger partial charge in [-0.25, -0.2) is 4.79 Å². The molecule has 5 nitrogen and oxygen atoms in total. The Morgan fingerprint density at radius 2 is 2.05 bits per heavy atom. The van der Waals surface area contributed by atoms with Crippen molar-refractivity contribution in [3.8, 4) is 5.75 Å². The summed E-state index contributed by atoms with van der Waals surface area (Å²) < 4.78 is 5.08. The summed E-state index contributed by atoms with van der Waals surface area (Å²) in [6.07, 6.45) is 4.06. The molecular formula is C16H21NO4S. The van der Waals surface area contributed by atoms with Crippen molar-refractivity contribution in [1.82, 2.24) is 5.32 Å². The summed E-state index contributed by atoms with van der Waals surface area (Å²) in [6.45, 7) is 1.81. The van der Waals surface area contributed by atoms with Gasteiger partial charge in [-0.2, -0.15) is 0 Å². The lowest BCUT2D eigenvalue weighted by Gasteiger charge is -2.12. The fourth-order valence-corrected chi connectivity index (χ4v) is 2.55. The van der Waals surface area contributed by atoms with Gasteiger partial charge in [0, 0.05) is 17.1 Å². The van der Waals surface area contributed by atoms with Gasteiger partial charge < -0.3 is 15.2 Å². The van der Waals surface area contributed by atoms with Crippen LogP contribution in [0.2, 0.25) is 0 Å². The highest BCUT2D eigenvalue weighted by Gasteiger charge is 2.17. The Balaban J connectivity index is 2.36. The fraction of sp³-hybridized carbons (Fsp3) is 0.375. The Morgan fingerprint density at radius 1 is 1.36 bits per heavy atom. The van der Waals surface area contributed by atoms with Crippen LogP contribution in [0.3, 0.4) is 0 Å². The molecular weight excluding hydrogens is 302 g/mol. The number of carbonyl (C=O) groups is 2. The second-order valence-corrected chi connectivity index (χ2v) is 5.71. The number of carboxylic acid groups (broad SMARTS) is 1. The fourth-order valence-electron chi connectivity index (χ4n) is 1.69. The van der Waals surface area contributed by atoms with Crippen LogP contribution in [0.15, 0.2) is 41.3 Å². The molecule has 1 unspecified atom stereocenters.